The summed E-state index contributed by atoms with van der Waals surface area (Å²) in [6.45, 7) is 1.03. The topological polar surface area (TPSA) is 39.1 Å². The average Bonchev–Trinajstić information content (AvgIpc) is 2.03. The van der Waals surface area contributed by atoms with E-state index in [-0.39, 0.29) is 6.04 Å². The molecule has 1 unspecified atom stereocenters. The highest BCUT2D eigenvalue weighted by atomic mass is 15.1. The maximum atomic E-state index is 8.72. The molecule has 1 aliphatic rings. The van der Waals surface area contributed by atoms with Crippen LogP contribution in [0.15, 0.2) is 0 Å². The zero-order chi connectivity index (χ0) is 9.68. The molecular weight excluding hydrogens is 162 g/mol. The first-order valence-corrected chi connectivity index (χ1v) is 5.05. The molecule has 0 aromatic rings. The van der Waals surface area contributed by atoms with E-state index >= 15 is 0 Å². The van der Waals surface area contributed by atoms with E-state index in [2.05, 4.69) is 23.3 Å². The fourth-order valence-electron chi connectivity index (χ4n) is 1.62. The highest BCUT2D eigenvalue weighted by molar-refractivity contribution is 4.89. The number of hydrogen-bond donors (Lipinski definition) is 1. The SMILES string of the molecule is CNC(C#N)CCN(C)C1CCC1. The Balaban J connectivity index is 2.13. The lowest BCUT2D eigenvalue weighted by molar-refractivity contribution is 0.156. The molecule has 3 heteroatoms. The van der Waals surface area contributed by atoms with E-state index in [9.17, 15) is 0 Å². The van der Waals surface area contributed by atoms with Crippen LogP contribution in [0.1, 0.15) is 25.7 Å². The molecule has 0 saturated heterocycles. The lowest BCUT2D eigenvalue weighted by Gasteiger charge is -2.35. The summed E-state index contributed by atoms with van der Waals surface area (Å²) < 4.78 is 0. The summed E-state index contributed by atoms with van der Waals surface area (Å²) in [5.41, 5.74) is 0. The van der Waals surface area contributed by atoms with Gasteiger partial charge in [0.2, 0.25) is 0 Å². The van der Waals surface area contributed by atoms with Gasteiger partial charge in [-0.05, 0) is 33.4 Å². The van der Waals surface area contributed by atoms with E-state index in [1.807, 2.05) is 7.05 Å². The number of nitrogens with zero attached hydrogens (tertiary/aromatic N) is 2. The number of hydrogen-bond acceptors (Lipinski definition) is 3. The molecule has 1 fully saturated rings. The Kier molecular flexibility index (Phi) is 4.20. The van der Waals surface area contributed by atoms with Crippen molar-refractivity contribution >= 4 is 0 Å². The number of rotatable bonds is 5. The van der Waals surface area contributed by atoms with Crippen molar-refractivity contribution in [3.05, 3.63) is 0 Å². The molecule has 0 bridgehead atoms. The Morgan fingerprint density at radius 3 is 2.69 bits per heavy atom. The van der Waals surface area contributed by atoms with Crippen LogP contribution in [-0.2, 0) is 0 Å². The van der Waals surface area contributed by atoms with Gasteiger partial charge in [-0.2, -0.15) is 5.26 Å². The van der Waals surface area contributed by atoms with E-state index in [1.54, 1.807) is 0 Å². The maximum Gasteiger partial charge on any atom is 0.0962 e. The van der Waals surface area contributed by atoms with Crippen molar-refractivity contribution in [3.8, 4) is 6.07 Å². The zero-order valence-corrected chi connectivity index (χ0v) is 8.58. The van der Waals surface area contributed by atoms with Crippen molar-refractivity contribution in [2.24, 2.45) is 0 Å². The van der Waals surface area contributed by atoms with Crippen LogP contribution in [0.4, 0.5) is 0 Å². The molecule has 13 heavy (non-hydrogen) atoms. The summed E-state index contributed by atoms with van der Waals surface area (Å²) >= 11 is 0. The summed E-state index contributed by atoms with van der Waals surface area (Å²) in [6.07, 6.45) is 4.99. The molecule has 1 atom stereocenters. The molecule has 0 aliphatic heterocycles. The second-order valence-corrected chi connectivity index (χ2v) is 3.82. The average molecular weight is 181 g/mol. The van der Waals surface area contributed by atoms with Crippen LogP contribution >= 0.6 is 0 Å². The Bertz CT molecular complexity index is 181. The van der Waals surface area contributed by atoms with Gasteiger partial charge in [0.25, 0.3) is 0 Å². The van der Waals surface area contributed by atoms with Crippen LogP contribution in [-0.4, -0.2) is 37.6 Å². The minimum Gasteiger partial charge on any atom is -0.305 e. The van der Waals surface area contributed by atoms with Crippen molar-refractivity contribution in [1.29, 1.82) is 5.26 Å². The van der Waals surface area contributed by atoms with Crippen LogP contribution in [0.2, 0.25) is 0 Å². The van der Waals surface area contributed by atoms with E-state index < -0.39 is 0 Å². The summed E-state index contributed by atoms with van der Waals surface area (Å²) in [5, 5.41) is 11.7. The summed E-state index contributed by atoms with van der Waals surface area (Å²) in [5.74, 6) is 0. The monoisotopic (exact) mass is 181 g/mol. The molecule has 0 aromatic carbocycles. The van der Waals surface area contributed by atoms with Crippen LogP contribution in [0.5, 0.6) is 0 Å². The van der Waals surface area contributed by atoms with Gasteiger partial charge in [-0.1, -0.05) is 6.42 Å². The standard InChI is InChI=1S/C10H19N3/c1-12-9(8-11)6-7-13(2)10-4-3-5-10/h9-10,12H,3-7H2,1-2H3. The molecule has 0 amide bonds. The zero-order valence-electron chi connectivity index (χ0n) is 8.58. The molecule has 0 spiro atoms. The first-order valence-electron chi connectivity index (χ1n) is 5.05. The summed E-state index contributed by atoms with van der Waals surface area (Å²) in [4.78, 5) is 2.38. The van der Waals surface area contributed by atoms with E-state index in [0.29, 0.717) is 0 Å². The first-order chi connectivity index (χ1) is 6.27. The molecule has 0 aromatic heterocycles. The normalized spacial score (nSPS) is 19.5. The highest BCUT2D eigenvalue weighted by Gasteiger charge is 2.21. The van der Waals surface area contributed by atoms with Crippen molar-refractivity contribution < 1.29 is 0 Å². The fraction of sp³-hybridized carbons (Fsp3) is 0.900. The highest BCUT2D eigenvalue weighted by Crippen LogP contribution is 2.23. The maximum absolute atomic E-state index is 8.72. The Morgan fingerprint density at radius 2 is 2.31 bits per heavy atom. The molecule has 0 heterocycles. The van der Waals surface area contributed by atoms with Gasteiger partial charge in [-0.25, -0.2) is 0 Å². The van der Waals surface area contributed by atoms with Crippen LogP contribution in [0, 0.1) is 11.3 Å². The Labute approximate surface area is 80.7 Å². The van der Waals surface area contributed by atoms with Gasteiger partial charge in [0.05, 0.1) is 12.1 Å². The predicted octanol–water partition coefficient (Wildman–Crippen LogP) is 0.972. The van der Waals surface area contributed by atoms with Crippen molar-refractivity contribution in [1.82, 2.24) is 10.2 Å². The quantitative estimate of drug-likeness (QED) is 0.687. The van der Waals surface area contributed by atoms with E-state index in [1.165, 1.54) is 19.3 Å². The second-order valence-electron chi connectivity index (χ2n) is 3.82. The minimum absolute atomic E-state index is 0.0162. The largest absolute Gasteiger partial charge is 0.305 e. The van der Waals surface area contributed by atoms with Crippen LogP contribution < -0.4 is 5.32 Å². The minimum atomic E-state index is 0.0162. The molecule has 74 valence electrons. The van der Waals surface area contributed by atoms with Gasteiger partial charge >= 0.3 is 0 Å². The van der Waals surface area contributed by atoms with Crippen LogP contribution in [0.25, 0.3) is 0 Å². The van der Waals surface area contributed by atoms with Crippen LogP contribution in [0.3, 0.4) is 0 Å². The van der Waals surface area contributed by atoms with Gasteiger partial charge in [0.15, 0.2) is 0 Å². The van der Waals surface area contributed by atoms with Crippen molar-refractivity contribution in [2.45, 2.75) is 37.8 Å². The smallest absolute Gasteiger partial charge is 0.0962 e. The lowest BCUT2D eigenvalue weighted by Crippen LogP contribution is -2.39. The van der Waals surface area contributed by atoms with Gasteiger partial charge in [-0.3, -0.25) is 0 Å². The summed E-state index contributed by atoms with van der Waals surface area (Å²) in [6, 6.07) is 3.05. The van der Waals surface area contributed by atoms with Crippen molar-refractivity contribution in [2.75, 3.05) is 20.6 Å². The molecule has 1 saturated carbocycles. The molecule has 0 radical (unpaired) electrons. The van der Waals surface area contributed by atoms with E-state index in [0.717, 1.165) is 19.0 Å². The predicted molar refractivity (Wildman–Crippen MR) is 53.3 cm³/mol. The number of nitrogens with one attached hydrogen (secondary N) is 1. The molecule has 1 aliphatic carbocycles. The van der Waals surface area contributed by atoms with Gasteiger partial charge in [-0.15, -0.1) is 0 Å². The van der Waals surface area contributed by atoms with E-state index in [4.69, 9.17) is 5.26 Å². The molecule has 1 N–H and O–H groups in total. The molecule has 3 nitrogen and oxygen atoms in total. The third-order valence-corrected chi connectivity index (χ3v) is 2.97. The van der Waals surface area contributed by atoms with Gasteiger partial charge in [0, 0.05) is 12.6 Å². The third-order valence-electron chi connectivity index (χ3n) is 2.97. The van der Waals surface area contributed by atoms with Gasteiger partial charge in [0.1, 0.15) is 0 Å². The number of nitriles is 1. The van der Waals surface area contributed by atoms with Gasteiger partial charge < -0.3 is 10.2 Å². The molecule has 1 rings (SSSR count). The Morgan fingerprint density at radius 1 is 1.62 bits per heavy atom. The lowest BCUT2D eigenvalue weighted by atomic mass is 9.92. The molecular formula is C10H19N3. The summed E-state index contributed by atoms with van der Waals surface area (Å²) in [7, 11) is 4.01. The second kappa shape index (κ2) is 5.21. The first kappa shape index (κ1) is 10.5. The van der Waals surface area contributed by atoms with Crippen molar-refractivity contribution in [3.63, 3.8) is 0 Å². The third kappa shape index (κ3) is 2.98. The fourth-order valence-corrected chi connectivity index (χ4v) is 1.62. The Hall–Kier alpha value is -0.590.